The molecule has 0 bridgehead atoms. The molecule has 2 atom stereocenters. The number of rotatable bonds is 7. The van der Waals surface area contributed by atoms with Gasteiger partial charge in [-0.2, -0.15) is 0 Å². The average molecular weight is 344 g/mol. The maximum Gasteiger partial charge on any atom is 0.0133 e. The number of benzene rings is 3. The van der Waals surface area contributed by atoms with Crippen molar-refractivity contribution < 1.29 is 0 Å². The van der Waals surface area contributed by atoms with Crippen LogP contribution in [0.1, 0.15) is 28.2 Å². The molecule has 0 aliphatic heterocycles. The monoisotopic (exact) mass is 343 g/mol. The van der Waals surface area contributed by atoms with Gasteiger partial charge >= 0.3 is 0 Å². The molecule has 0 radical (unpaired) electrons. The molecular weight excluding hydrogens is 314 g/mol. The van der Waals surface area contributed by atoms with E-state index in [0.29, 0.717) is 11.8 Å². The first-order valence-corrected chi connectivity index (χ1v) is 9.43. The second-order valence-corrected chi connectivity index (χ2v) is 7.51. The smallest absolute Gasteiger partial charge is 0.0133 e. The zero-order valence-corrected chi connectivity index (χ0v) is 16.1. The second-order valence-electron chi connectivity index (χ2n) is 7.51. The molecule has 0 heterocycles. The van der Waals surface area contributed by atoms with Crippen LogP contribution in [-0.4, -0.2) is 25.5 Å². The first-order valence-electron chi connectivity index (χ1n) is 9.43. The molecule has 3 rings (SSSR count). The molecule has 0 amide bonds. The number of nitrogens with zero attached hydrogens (tertiary/aromatic N) is 1. The Hall–Kier alpha value is -2.38. The van der Waals surface area contributed by atoms with Gasteiger partial charge in [0, 0.05) is 12.5 Å². The summed E-state index contributed by atoms with van der Waals surface area (Å²) in [5, 5.41) is 0. The first kappa shape index (κ1) is 18.4. The lowest BCUT2D eigenvalue weighted by Gasteiger charge is -2.31. The van der Waals surface area contributed by atoms with Crippen LogP contribution < -0.4 is 0 Å². The van der Waals surface area contributed by atoms with Gasteiger partial charge in [-0.3, -0.25) is 0 Å². The molecule has 0 aromatic heterocycles. The third-order valence-electron chi connectivity index (χ3n) is 5.01. The van der Waals surface area contributed by atoms with Gasteiger partial charge in [0.15, 0.2) is 0 Å². The van der Waals surface area contributed by atoms with E-state index in [2.05, 4.69) is 111 Å². The van der Waals surface area contributed by atoms with Gasteiger partial charge < -0.3 is 4.90 Å². The van der Waals surface area contributed by atoms with Crippen molar-refractivity contribution in [1.29, 1.82) is 0 Å². The molecule has 134 valence electrons. The molecule has 0 aliphatic rings. The van der Waals surface area contributed by atoms with Gasteiger partial charge in [-0.25, -0.2) is 0 Å². The topological polar surface area (TPSA) is 3.24 Å². The van der Waals surface area contributed by atoms with Crippen molar-refractivity contribution >= 4 is 0 Å². The van der Waals surface area contributed by atoms with E-state index >= 15 is 0 Å². The summed E-state index contributed by atoms with van der Waals surface area (Å²) in [5.41, 5.74) is 5.53. The van der Waals surface area contributed by atoms with Gasteiger partial charge in [-0.15, -0.1) is 0 Å². The molecule has 1 nitrogen and oxygen atoms in total. The molecule has 26 heavy (non-hydrogen) atoms. The predicted molar refractivity (Wildman–Crippen MR) is 112 cm³/mol. The van der Waals surface area contributed by atoms with Crippen LogP contribution in [0.4, 0.5) is 0 Å². The molecule has 2 unspecified atom stereocenters. The van der Waals surface area contributed by atoms with E-state index in [1.807, 2.05) is 0 Å². The molecule has 0 N–H and O–H groups in total. The zero-order valence-electron chi connectivity index (χ0n) is 16.1. The molecule has 3 aromatic rings. The number of hydrogen-bond donors (Lipinski definition) is 0. The summed E-state index contributed by atoms with van der Waals surface area (Å²) in [5.74, 6) is 0.900. The fourth-order valence-electron chi connectivity index (χ4n) is 3.84. The summed E-state index contributed by atoms with van der Waals surface area (Å²) in [6.07, 6.45) is 1.08. The molecule has 0 spiro atoms. The highest BCUT2D eigenvalue weighted by Crippen LogP contribution is 2.34. The van der Waals surface area contributed by atoms with Crippen molar-refractivity contribution in [1.82, 2.24) is 4.90 Å². The maximum absolute atomic E-state index is 2.32. The van der Waals surface area contributed by atoms with Gasteiger partial charge in [-0.1, -0.05) is 90.5 Å². The normalized spacial score (nSPS) is 13.5. The summed E-state index contributed by atoms with van der Waals surface area (Å²) >= 11 is 0. The Balaban J connectivity index is 2.01. The summed E-state index contributed by atoms with van der Waals surface area (Å²) in [6.45, 7) is 3.21. The molecule has 0 aliphatic carbocycles. The van der Waals surface area contributed by atoms with E-state index in [4.69, 9.17) is 0 Å². The quantitative estimate of drug-likeness (QED) is 0.544. The third kappa shape index (κ3) is 4.83. The molecule has 0 fully saturated rings. The van der Waals surface area contributed by atoms with Gasteiger partial charge in [0.05, 0.1) is 0 Å². The van der Waals surface area contributed by atoms with E-state index in [9.17, 15) is 0 Å². The van der Waals surface area contributed by atoms with E-state index in [0.717, 1.165) is 13.0 Å². The number of hydrogen-bond acceptors (Lipinski definition) is 1. The van der Waals surface area contributed by atoms with E-state index in [-0.39, 0.29) is 0 Å². The van der Waals surface area contributed by atoms with Crippen molar-refractivity contribution in [3.05, 3.63) is 107 Å². The zero-order chi connectivity index (χ0) is 18.4. The summed E-state index contributed by atoms with van der Waals surface area (Å²) < 4.78 is 0. The lowest BCUT2D eigenvalue weighted by Crippen LogP contribution is -2.29. The van der Waals surface area contributed by atoms with Crippen LogP contribution >= 0.6 is 0 Å². The highest BCUT2D eigenvalue weighted by molar-refractivity contribution is 5.35. The van der Waals surface area contributed by atoms with E-state index < -0.39 is 0 Å². The van der Waals surface area contributed by atoms with Gasteiger partial charge in [0.1, 0.15) is 0 Å². The molecule has 3 aromatic carbocycles. The van der Waals surface area contributed by atoms with Crippen LogP contribution in [0, 0.1) is 12.8 Å². The fourth-order valence-corrected chi connectivity index (χ4v) is 3.84. The van der Waals surface area contributed by atoms with Crippen molar-refractivity contribution in [2.75, 3.05) is 20.6 Å². The average Bonchev–Trinajstić information content (AvgIpc) is 2.65. The van der Waals surface area contributed by atoms with Crippen molar-refractivity contribution in [2.24, 2.45) is 5.92 Å². The molecular formula is C25H29N. The van der Waals surface area contributed by atoms with Crippen LogP contribution in [-0.2, 0) is 6.42 Å². The van der Waals surface area contributed by atoms with Gasteiger partial charge in [0.25, 0.3) is 0 Å². The van der Waals surface area contributed by atoms with Crippen LogP contribution in [0.3, 0.4) is 0 Å². The van der Waals surface area contributed by atoms with Crippen molar-refractivity contribution in [2.45, 2.75) is 19.3 Å². The lowest BCUT2D eigenvalue weighted by molar-refractivity contribution is 0.302. The van der Waals surface area contributed by atoms with E-state index in [1.165, 1.54) is 22.3 Å². The largest absolute Gasteiger partial charge is 0.309 e. The highest BCUT2D eigenvalue weighted by Gasteiger charge is 2.25. The lowest BCUT2D eigenvalue weighted by atomic mass is 9.77. The third-order valence-corrected chi connectivity index (χ3v) is 5.01. The Morgan fingerprint density at radius 3 is 1.81 bits per heavy atom. The standard InChI is InChI=1S/C25H29N/c1-20-14-16-23(17-15-20)25(22-12-8-5-9-13-22)24(19-26(2)3)18-21-10-6-4-7-11-21/h4-17,24-25H,18-19H2,1-3H3. The van der Waals surface area contributed by atoms with Crippen LogP contribution in [0.2, 0.25) is 0 Å². The Kier molecular flexibility index (Phi) is 6.25. The Morgan fingerprint density at radius 2 is 1.23 bits per heavy atom. The summed E-state index contributed by atoms with van der Waals surface area (Å²) in [4.78, 5) is 2.32. The fraction of sp³-hybridized carbons (Fsp3) is 0.280. The number of aryl methyl sites for hydroxylation is 1. The minimum atomic E-state index is 0.388. The minimum Gasteiger partial charge on any atom is -0.309 e. The van der Waals surface area contributed by atoms with Crippen molar-refractivity contribution in [3.8, 4) is 0 Å². The SMILES string of the molecule is Cc1ccc(C(c2ccccc2)C(Cc2ccccc2)CN(C)C)cc1. The Labute approximate surface area is 158 Å². The maximum atomic E-state index is 2.32. The van der Waals surface area contributed by atoms with Crippen LogP contribution in [0.25, 0.3) is 0 Å². The highest BCUT2D eigenvalue weighted by atomic mass is 15.1. The van der Waals surface area contributed by atoms with Gasteiger partial charge in [-0.05, 0) is 50.0 Å². The van der Waals surface area contributed by atoms with Crippen LogP contribution in [0.5, 0.6) is 0 Å². The summed E-state index contributed by atoms with van der Waals surface area (Å²) in [6, 6.07) is 30.9. The molecule has 0 saturated heterocycles. The minimum absolute atomic E-state index is 0.388. The Morgan fingerprint density at radius 1 is 0.692 bits per heavy atom. The molecule has 0 saturated carbocycles. The molecule has 1 heteroatoms. The second kappa shape index (κ2) is 8.82. The van der Waals surface area contributed by atoms with E-state index in [1.54, 1.807) is 0 Å². The van der Waals surface area contributed by atoms with Gasteiger partial charge in [0.2, 0.25) is 0 Å². The summed E-state index contributed by atoms with van der Waals surface area (Å²) in [7, 11) is 4.35. The first-order chi connectivity index (χ1) is 12.6. The predicted octanol–water partition coefficient (Wildman–Crippen LogP) is 5.55. The van der Waals surface area contributed by atoms with Crippen LogP contribution in [0.15, 0.2) is 84.9 Å². The van der Waals surface area contributed by atoms with Crippen molar-refractivity contribution in [3.63, 3.8) is 0 Å². The Bertz CT molecular complexity index is 775.